The van der Waals surface area contributed by atoms with Crippen molar-refractivity contribution in [2.45, 2.75) is 31.7 Å². The van der Waals surface area contributed by atoms with Crippen LogP contribution in [0.5, 0.6) is 17.2 Å². The molecule has 4 N–H and O–H groups in total. The van der Waals surface area contributed by atoms with Gasteiger partial charge in [-0.3, -0.25) is 0 Å². The van der Waals surface area contributed by atoms with Crippen LogP contribution in [0.4, 0.5) is 0 Å². The Bertz CT molecular complexity index is 464. The van der Waals surface area contributed by atoms with Crippen LogP contribution in [0.3, 0.4) is 0 Å². The fourth-order valence-electron chi connectivity index (χ4n) is 2.94. The second-order valence-corrected chi connectivity index (χ2v) is 5.07. The van der Waals surface area contributed by atoms with Crippen molar-refractivity contribution in [2.75, 3.05) is 19.8 Å². The Balaban J connectivity index is 2.25. The van der Waals surface area contributed by atoms with Crippen molar-refractivity contribution in [1.29, 1.82) is 0 Å². The monoisotopic (exact) mass is 265 g/mol. The lowest BCUT2D eigenvalue weighted by atomic mass is 9.89. The predicted molar refractivity (Wildman–Crippen MR) is 69.8 cm³/mol. The molecule has 2 aliphatic heterocycles. The molecule has 2 heterocycles. The van der Waals surface area contributed by atoms with Crippen LogP contribution < -0.4 is 15.2 Å². The normalized spacial score (nSPS) is 18.8. The van der Waals surface area contributed by atoms with E-state index in [1.807, 2.05) is 0 Å². The van der Waals surface area contributed by atoms with E-state index >= 15 is 0 Å². The molecule has 1 aromatic rings. The van der Waals surface area contributed by atoms with Crippen LogP contribution in [0.15, 0.2) is 0 Å². The number of aliphatic hydroxyl groups excluding tert-OH is 1. The molecule has 0 aliphatic carbocycles. The molecule has 1 unspecified atom stereocenters. The summed E-state index contributed by atoms with van der Waals surface area (Å²) in [5.74, 6) is 1.39. The first-order valence-electron chi connectivity index (χ1n) is 6.76. The van der Waals surface area contributed by atoms with E-state index in [-0.39, 0.29) is 12.4 Å². The van der Waals surface area contributed by atoms with Gasteiger partial charge in [-0.25, -0.2) is 0 Å². The minimum atomic E-state index is -0.497. The summed E-state index contributed by atoms with van der Waals surface area (Å²) in [6.07, 6.45) is 3.30. The highest BCUT2D eigenvalue weighted by Crippen LogP contribution is 2.48. The summed E-state index contributed by atoms with van der Waals surface area (Å²) in [4.78, 5) is 0. The number of hydrogen-bond acceptors (Lipinski definition) is 5. The van der Waals surface area contributed by atoms with Crippen molar-refractivity contribution in [3.05, 3.63) is 16.7 Å². The lowest BCUT2D eigenvalue weighted by Gasteiger charge is -2.30. The summed E-state index contributed by atoms with van der Waals surface area (Å²) < 4.78 is 11.3. The van der Waals surface area contributed by atoms with Crippen LogP contribution in [0.25, 0.3) is 0 Å². The summed E-state index contributed by atoms with van der Waals surface area (Å²) in [6.45, 7) is 1.08. The molecular formula is C14H19NO4. The second kappa shape index (κ2) is 4.90. The van der Waals surface area contributed by atoms with E-state index in [0.717, 1.165) is 42.4 Å². The van der Waals surface area contributed by atoms with Crippen LogP contribution in [-0.2, 0) is 12.8 Å². The first kappa shape index (κ1) is 12.6. The van der Waals surface area contributed by atoms with Crippen LogP contribution in [0, 0.1) is 0 Å². The number of nitrogens with two attached hydrogens (primary N) is 1. The zero-order valence-corrected chi connectivity index (χ0v) is 10.8. The number of fused-ring (bicyclic) bond motifs is 2. The molecular weight excluding hydrogens is 246 g/mol. The lowest BCUT2D eigenvalue weighted by molar-refractivity contribution is 0.237. The minimum Gasteiger partial charge on any atom is -0.504 e. The summed E-state index contributed by atoms with van der Waals surface area (Å²) in [5, 5.41) is 19.7. The molecule has 0 bridgehead atoms. The van der Waals surface area contributed by atoms with Gasteiger partial charge in [0.25, 0.3) is 0 Å². The highest BCUT2D eigenvalue weighted by Gasteiger charge is 2.31. The minimum absolute atomic E-state index is 0.146. The van der Waals surface area contributed by atoms with Gasteiger partial charge < -0.3 is 25.4 Å². The van der Waals surface area contributed by atoms with Gasteiger partial charge in [-0.05, 0) is 25.7 Å². The Morgan fingerprint density at radius 1 is 1.05 bits per heavy atom. The first-order valence-corrected chi connectivity index (χ1v) is 6.76. The van der Waals surface area contributed by atoms with E-state index in [0.29, 0.717) is 24.7 Å². The van der Waals surface area contributed by atoms with Gasteiger partial charge in [0.2, 0.25) is 0 Å². The number of benzene rings is 1. The fraction of sp³-hybridized carbons (Fsp3) is 0.571. The molecule has 0 spiro atoms. The molecule has 5 heteroatoms. The van der Waals surface area contributed by atoms with Crippen LogP contribution in [-0.4, -0.2) is 30.0 Å². The molecule has 5 nitrogen and oxygen atoms in total. The third-order valence-corrected chi connectivity index (χ3v) is 3.82. The topological polar surface area (TPSA) is 84.9 Å². The quantitative estimate of drug-likeness (QED) is 0.744. The molecule has 0 saturated heterocycles. The van der Waals surface area contributed by atoms with E-state index in [1.54, 1.807) is 0 Å². The molecule has 0 aromatic heterocycles. The molecule has 19 heavy (non-hydrogen) atoms. The largest absolute Gasteiger partial charge is 0.504 e. The number of phenols is 1. The molecule has 1 aromatic carbocycles. The zero-order valence-electron chi connectivity index (χ0n) is 10.8. The van der Waals surface area contributed by atoms with Crippen molar-refractivity contribution in [1.82, 2.24) is 0 Å². The predicted octanol–water partition coefficient (Wildman–Crippen LogP) is 1.03. The number of hydrogen-bond donors (Lipinski definition) is 3. The van der Waals surface area contributed by atoms with Crippen molar-refractivity contribution in [3.63, 3.8) is 0 Å². The Kier molecular flexibility index (Phi) is 3.24. The van der Waals surface area contributed by atoms with Crippen molar-refractivity contribution in [2.24, 2.45) is 5.73 Å². The van der Waals surface area contributed by atoms with Gasteiger partial charge in [-0.15, -0.1) is 0 Å². The zero-order chi connectivity index (χ0) is 13.4. The number of aliphatic hydroxyl groups is 1. The maximum absolute atomic E-state index is 10.4. The van der Waals surface area contributed by atoms with Gasteiger partial charge in [-0.1, -0.05) is 0 Å². The average Bonchev–Trinajstić information content (AvgIpc) is 2.47. The summed E-state index contributed by atoms with van der Waals surface area (Å²) in [7, 11) is 0. The number of phenolic OH excluding ortho intramolecular Hbond substituents is 1. The van der Waals surface area contributed by atoms with Gasteiger partial charge in [0.05, 0.1) is 25.9 Å². The van der Waals surface area contributed by atoms with Gasteiger partial charge >= 0.3 is 0 Å². The van der Waals surface area contributed by atoms with Crippen molar-refractivity contribution >= 4 is 0 Å². The highest BCUT2D eigenvalue weighted by molar-refractivity contribution is 5.64. The van der Waals surface area contributed by atoms with E-state index in [1.165, 1.54) is 0 Å². The number of ether oxygens (including phenoxy) is 2. The van der Waals surface area contributed by atoms with Crippen LogP contribution >= 0.6 is 0 Å². The molecule has 0 amide bonds. The van der Waals surface area contributed by atoms with E-state index in [4.69, 9.17) is 15.2 Å². The van der Waals surface area contributed by atoms with E-state index in [9.17, 15) is 10.2 Å². The third-order valence-electron chi connectivity index (χ3n) is 3.82. The Morgan fingerprint density at radius 3 is 2.37 bits per heavy atom. The average molecular weight is 265 g/mol. The van der Waals surface area contributed by atoms with Gasteiger partial charge in [0.15, 0.2) is 11.5 Å². The SMILES string of the molecule is NC(CO)c1c2c(c(O)c3c1OCCC3)OCCC2. The molecule has 0 radical (unpaired) electrons. The van der Waals surface area contributed by atoms with Crippen molar-refractivity contribution < 1.29 is 19.7 Å². The second-order valence-electron chi connectivity index (χ2n) is 5.07. The smallest absolute Gasteiger partial charge is 0.164 e. The third kappa shape index (κ3) is 1.93. The van der Waals surface area contributed by atoms with Crippen LogP contribution in [0.1, 0.15) is 35.6 Å². The van der Waals surface area contributed by atoms with Gasteiger partial charge in [0.1, 0.15) is 5.75 Å². The number of rotatable bonds is 2. The summed E-state index contributed by atoms with van der Waals surface area (Å²) >= 11 is 0. The maximum atomic E-state index is 10.4. The molecule has 104 valence electrons. The molecule has 0 fully saturated rings. The molecule has 2 aliphatic rings. The molecule has 3 rings (SSSR count). The van der Waals surface area contributed by atoms with E-state index < -0.39 is 6.04 Å². The Morgan fingerprint density at radius 2 is 1.68 bits per heavy atom. The lowest BCUT2D eigenvalue weighted by Crippen LogP contribution is -2.23. The Labute approximate surface area is 111 Å². The maximum Gasteiger partial charge on any atom is 0.164 e. The molecule has 0 saturated carbocycles. The van der Waals surface area contributed by atoms with E-state index in [2.05, 4.69) is 0 Å². The van der Waals surface area contributed by atoms with Gasteiger partial charge in [0, 0.05) is 16.7 Å². The highest BCUT2D eigenvalue weighted by atomic mass is 16.5. The standard InChI is InChI=1S/C14H19NO4/c15-10(7-16)11-8-3-1-6-19-14(8)12(17)9-4-2-5-18-13(9)11/h10,16-17H,1-7,15H2. The van der Waals surface area contributed by atoms with Crippen molar-refractivity contribution in [3.8, 4) is 17.2 Å². The number of aromatic hydroxyl groups is 1. The molecule has 1 atom stereocenters. The Hall–Kier alpha value is -1.46. The summed E-state index contributed by atoms with van der Waals surface area (Å²) in [5.41, 5.74) is 8.50. The fourth-order valence-corrected chi connectivity index (χ4v) is 2.94. The first-order chi connectivity index (χ1) is 9.24. The van der Waals surface area contributed by atoms with Crippen LogP contribution in [0.2, 0.25) is 0 Å². The van der Waals surface area contributed by atoms with Gasteiger partial charge in [-0.2, -0.15) is 0 Å². The summed E-state index contributed by atoms with van der Waals surface area (Å²) in [6, 6.07) is -0.497.